The highest BCUT2D eigenvalue weighted by molar-refractivity contribution is 7.89. The average molecular weight is 470 g/mol. The number of anilines is 1. The lowest BCUT2D eigenvalue weighted by Crippen LogP contribution is -2.41. The number of rotatable bonds is 8. The van der Waals surface area contributed by atoms with Crippen molar-refractivity contribution in [3.8, 4) is 11.5 Å². The van der Waals surface area contributed by atoms with Gasteiger partial charge in [-0.05, 0) is 37.3 Å². The number of ether oxygens (including phenoxy) is 2. The van der Waals surface area contributed by atoms with Crippen molar-refractivity contribution >= 4 is 39.1 Å². The number of nitrogens with zero attached hydrogens (tertiary/aromatic N) is 1. The minimum Gasteiger partial charge on any atom is -0.493 e. The summed E-state index contributed by atoms with van der Waals surface area (Å²) in [5.41, 5.74) is 0.308. The van der Waals surface area contributed by atoms with E-state index in [4.69, 9.17) is 21.1 Å². The van der Waals surface area contributed by atoms with Crippen LogP contribution >= 0.6 is 11.6 Å². The molecule has 0 bridgehead atoms. The van der Waals surface area contributed by atoms with Gasteiger partial charge in [0.05, 0.1) is 36.4 Å². The Bertz CT molecular complexity index is 1070. The third kappa shape index (κ3) is 5.87. The van der Waals surface area contributed by atoms with Crippen LogP contribution in [0, 0.1) is 0 Å². The number of sulfonamides is 1. The normalized spacial score (nSPS) is 12.1. The van der Waals surface area contributed by atoms with Crippen LogP contribution in [0.1, 0.15) is 17.3 Å². The molecule has 0 unspecified atom stereocenters. The first kappa shape index (κ1) is 24.4. The Morgan fingerprint density at radius 3 is 2.10 bits per heavy atom. The van der Waals surface area contributed by atoms with E-state index in [0.717, 1.165) is 0 Å². The summed E-state index contributed by atoms with van der Waals surface area (Å²) < 4.78 is 37.8. The lowest BCUT2D eigenvalue weighted by atomic mass is 10.1. The van der Waals surface area contributed by atoms with Crippen molar-refractivity contribution < 1.29 is 27.5 Å². The zero-order valence-corrected chi connectivity index (χ0v) is 19.3. The molecule has 0 fully saturated rings. The van der Waals surface area contributed by atoms with Crippen molar-refractivity contribution in [2.24, 2.45) is 0 Å². The van der Waals surface area contributed by atoms with Crippen LogP contribution in [0.4, 0.5) is 5.69 Å². The van der Waals surface area contributed by atoms with E-state index in [1.807, 2.05) is 0 Å². The van der Waals surface area contributed by atoms with Gasteiger partial charge in [0.1, 0.15) is 0 Å². The summed E-state index contributed by atoms with van der Waals surface area (Å²) in [5, 5.41) is 2.97. The van der Waals surface area contributed by atoms with E-state index < -0.39 is 22.0 Å². The van der Waals surface area contributed by atoms with Crippen LogP contribution < -0.4 is 19.5 Å². The molecule has 0 aliphatic rings. The minimum atomic E-state index is -3.97. The molecule has 2 aromatic carbocycles. The van der Waals surface area contributed by atoms with E-state index in [1.54, 1.807) is 14.1 Å². The Hall–Kier alpha value is -2.82. The minimum absolute atomic E-state index is 0.0360. The molecule has 168 valence electrons. The van der Waals surface area contributed by atoms with Gasteiger partial charge in [-0.25, -0.2) is 8.42 Å². The Labute approximate surface area is 186 Å². The van der Waals surface area contributed by atoms with Crippen molar-refractivity contribution in [2.75, 3.05) is 33.6 Å². The van der Waals surface area contributed by atoms with Crippen LogP contribution in [0.25, 0.3) is 0 Å². The molecule has 0 aliphatic carbocycles. The predicted octanol–water partition coefficient (Wildman–Crippen LogP) is 2.36. The molecule has 2 N–H and O–H groups in total. The molecule has 31 heavy (non-hydrogen) atoms. The van der Waals surface area contributed by atoms with Gasteiger partial charge in [-0.2, -0.15) is 4.72 Å². The summed E-state index contributed by atoms with van der Waals surface area (Å²) in [7, 11) is 2.00. The molecule has 9 nitrogen and oxygen atoms in total. The largest absolute Gasteiger partial charge is 0.493 e. The number of halogens is 1. The van der Waals surface area contributed by atoms with Crippen LogP contribution in [0.5, 0.6) is 11.5 Å². The molecular formula is C20H24ClN3O6S. The zero-order chi connectivity index (χ0) is 23.3. The molecule has 0 saturated carbocycles. The van der Waals surface area contributed by atoms with Gasteiger partial charge in [0, 0.05) is 25.2 Å². The molecule has 2 aromatic rings. The quantitative estimate of drug-likeness (QED) is 0.613. The Morgan fingerprint density at radius 2 is 1.58 bits per heavy atom. The number of benzene rings is 2. The summed E-state index contributed by atoms with van der Waals surface area (Å²) >= 11 is 5.79. The molecule has 1 atom stereocenters. The zero-order valence-electron chi connectivity index (χ0n) is 17.7. The van der Waals surface area contributed by atoms with Crippen LogP contribution in [-0.2, 0) is 14.8 Å². The van der Waals surface area contributed by atoms with E-state index in [0.29, 0.717) is 16.5 Å². The second-order valence-electron chi connectivity index (χ2n) is 6.74. The first-order chi connectivity index (χ1) is 14.5. The SMILES string of the molecule is COc1cc(NC(=O)[C@H](C)NS(=O)(=O)c2ccc(Cl)cc2)c(C(=O)N(C)C)cc1OC. The smallest absolute Gasteiger partial charge is 0.255 e. The number of amides is 2. The Kier molecular flexibility index (Phi) is 7.88. The maximum Gasteiger partial charge on any atom is 0.255 e. The van der Waals surface area contributed by atoms with Crippen molar-refractivity contribution in [2.45, 2.75) is 17.9 Å². The molecule has 0 saturated heterocycles. The summed E-state index contributed by atoms with van der Waals surface area (Å²) in [5.74, 6) is -0.451. The maximum atomic E-state index is 12.7. The summed E-state index contributed by atoms with van der Waals surface area (Å²) in [4.78, 5) is 26.6. The van der Waals surface area contributed by atoms with Crippen LogP contribution in [0.3, 0.4) is 0 Å². The number of nitrogens with one attached hydrogen (secondary N) is 2. The van der Waals surface area contributed by atoms with Gasteiger partial charge in [0.15, 0.2) is 11.5 Å². The molecule has 11 heteroatoms. The lowest BCUT2D eigenvalue weighted by molar-refractivity contribution is -0.117. The number of carbonyl (C=O) groups is 2. The predicted molar refractivity (Wildman–Crippen MR) is 117 cm³/mol. The number of hydrogen-bond donors (Lipinski definition) is 2. The van der Waals surface area contributed by atoms with Crippen LogP contribution in [0.2, 0.25) is 5.02 Å². The molecule has 2 amide bonds. The van der Waals surface area contributed by atoms with E-state index in [9.17, 15) is 18.0 Å². The highest BCUT2D eigenvalue weighted by Crippen LogP contribution is 2.34. The average Bonchev–Trinajstić information content (AvgIpc) is 2.72. The number of methoxy groups -OCH3 is 2. The van der Waals surface area contributed by atoms with Crippen molar-refractivity contribution in [3.05, 3.63) is 47.0 Å². The molecule has 0 aliphatic heterocycles. The third-order valence-corrected chi connectivity index (χ3v) is 6.08. The van der Waals surface area contributed by atoms with Crippen molar-refractivity contribution in [1.82, 2.24) is 9.62 Å². The van der Waals surface area contributed by atoms with Gasteiger partial charge in [0.25, 0.3) is 5.91 Å². The Morgan fingerprint density at radius 1 is 1.03 bits per heavy atom. The highest BCUT2D eigenvalue weighted by Gasteiger charge is 2.25. The first-order valence-electron chi connectivity index (χ1n) is 9.06. The standard InChI is InChI=1S/C20H24ClN3O6S/c1-12(23-31(27,28)14-8-6-13(21)7-9-14)19(25)22-16-11-18(30-5)17(29-4)10-15(16)20(26)24(2)3/h6-12,23H,1-5H3,(H,22,25)/t12-/m0/s1. The monoisotopic (exact) mass is 469 g/mol. The second kappa shape index (κ2) is 9.99. The fourth-order valence-electron chi connectivity index (χ4n) is 2.61. The number of carbonyl (C=O) groups excluding carboxylic acids is 2. The van der Waals surface area contributed by atoms with Gasteiger partial charge in [-0.1, -0.05) is 11.6 Å². The van der Waals surface area contributed by atoms with Gasteiger partial charge in [0.2, 0.25) is 15.9 Å². The van der Waals surface area contributed by atoms with Gasteiger partial charge < -0.3 is 19.7 Å². The lowest BCUT2D eigenvalue weighted by Gasteiger charge is -2.19. The first-order valence-corrected chi connectivity index (χ1v) is 10.9. The maximum absolute atomic E-state index is 12.7. The summed E-state index contributed by atoms with van der Waals surface area (Å²) in [6.45, 7) is 1.39. The van der Waals surface area contributed by atoms with E-state index in [-0.39, 0.29) is 22.1 Å². The molecule has 0 radical (unpaired) electrons. The fourth-order valence-corrected chi connectivity index (χ4v) is 3.94. The third-order valence-electron chi connectivity index (χ3n) is 4.27. The number of hydrogen-bond acceptors (Lipinski definition) is 6. The molecular weight excluding hydrogens is 446 g/mol. The molecule has 0 aromatic heterocycles. The van der Waals surface area contributed by atoms with E-state index >= 15 is 0 Å². The second-order valence-corrected chi connectivity index (χ2v) is 8.89. The topological polar surface area (TPSA) is 114 Å². The van der Waals surface area contributed by atoms with Crippen LogP contribution in [-0.4, -0.2) is 59.5 Å². The fraction of sp³-hybridized carbons (Fsp3) is 0.300. The highest BCUT2D eigenvalue weighted by atomic mass is 35.5. The van der Waals surface area contributed by atoms with Gasteiger partial charge in [-0.15, -0.1) is 0 Å². The van der Waals surface area contributed by atoms with Crippen molar-refractivity contribution in [1.29, 1.82) is 0 Å². The van der Waals surface area contributed by atoms with E-state index in [1.165, 1.54) is 62.4 Å². The van der Waals surface area contributed by atoms with E-state index in [2.05, 4.69) is 10.0 Å². The van der Waals surface area contributed by atoms with Crippen LogP contribution in [0.15, 0.2) is 41.3 Å². The van der Waals surface area contributed by atoms with Gasteiger partial charge in [-0.3, -0.25) is 9.59 Å². The molecule has 0 spiro atoms. The Balaban J connectivity index is 2.30. The summed E-state index contributed by atoms with van der Waals surface area (Å²) in [6.07, 6.45) is 0. The summed E-state index contributed by atoms with van der Waals surface area (Å²) in [6, 6.07) is 7.27. The molecule has 2 rings (SSSR count). The van der Waals surface area contributed by atoms with Gasteiger partial charge >= 0.3 is 0 Å². The molecule has 0 heterocycles. The van der Waals surface area contributed by atoms with Crippen molar-refractivity contribution in [3.63, 3.8) is 0 Å².